The lowest BCUT2D eigenvalue weighted by Crippen LogP contribution is -1.89. The van der Waals surface area contributed by atoms with Crippen LogP contribution in [-0.4, -0.2) is 11.1 Å². The number of carboxylic acids is 1. The molecule has 0 aliphatic heterocycles. The fourth-order valence-corrected chi connectivity index (χ4v) is 1.86. The molecule has 0 heterocycles. The van der Waals surface area contributed by atoms with E-state index in [4.69, 9.17) is 5.11 Å². The molecule has 0 aromatic carbocycles. The summed E-state index contributed by atoms with van der Waals surface area (Å²) in [4.78, 5) is 10.3. The molecule has 0 aromatic heterocycles. The molecule has 0 radical (unpaired) electrons. The quantitative estimate of drug-likeness (QED) is 0.268. The maximum absolute atomic E-state index is 10.3. The smallest absolute Gasteiger partial charge is 0.307 e. The number of aliphatic carboxylic acids is 1. The Morgan fingerprint density at radius 3 is 1.90 bits per heavy atom. The number of unbranched alkanes of at least 4 members (excludes halogenated alkanes) is 7. The van der Waals surface area contributed by atoms with Gasteiger partial charge in [-0.2, -0.15) is 0 Å². The SMILES string of the molecule is CCCCCC/C=C/C=C\CCCCC=CCC(=O)O. The third-order valence-corrected chi connectivity index (χ3v) is 3.06. The van der Waals surface area contributed by atoms with E-state index < -0.39 is 5.97 Å². The topological polar surface area (TPSA) is 37.3 Å². The maximum Gasteiger partial charge on any atom is 0.307 e. The van der Waals surface area contributed by atoms with Crippen LogP contribution >= 0.6 is 0 Å². The van der Waals surface area contributed by atoms with Gasteiger partial charge in [-0.25, -0.2) is 0 Å². The molecule has 0 aromatic rings. The zero-order valence-electron chi connectivity index (χ0n) is 12.9. The van der Waals surface area contributed by atoms with E-state index in [1.54, 1.807) is 6.08 Å². The Hall–Kier alpha value is -1.31. The molecule has 0 bridgehead atoms. The zero-order valence-corrected chi connectivity index (χ0v) is 12.9. The van der Waals surface area contributed by atoms with Crippen LogP contribution in [0.1, 0.15) is 71.1 Å². The van der Waals surface area contributed by atoms with Crippen LogP contribution in [0.5, 0.6) is 0 Å². The monoisotopic (exact) mass is 278 g/mol. The molecule has 0 saturated heterocycles. The molecule has 20 heavy (non-hydrogen) atoms. The molecule has 0 saturated carbocycles. The summed E-state index contributed by atoms with van der Waals surface area (Å²) in [5.74, 6) is -0.759. The molecule has 0 rings (SSSR count). The van der Waals surface area contributed by atoms with Crippen molar-refractivity contribution < 1.29 is 9.90 Å². The van der Waals surface area contributed by atoms with Crippen molar-refractivity contribution in [3.63, 3.8) is 0 Å². The first kappa shape index (κ1) is 18.7. The van der Waals surface area contributed by atoms with Crippen molar-refractivity contribution in [2.24, 2.45) is 0 Å². The second-order valence-electron chi connectivity index (χ2n) is 5.06. The first-order valence-corrected chi connectivity index (χ1v) is 7.95. The van der Waals surface area contributed by atoms with Gasteiger partial charge in [0, 0.05) is 0 Å². The highest BCUT2D eigenvalue weighted by atomic mass is 16.4. The first-order valence-electron chi connectivity index (χ1n) is 7.95. The second kappa shape index (κ2) is 15.7. The van der Waals surface area contributed by atoms with E-state index in [-0.39, 0.29) is 6.42 Å². The standard InChI is InChI=1S/C18H30O2/c1-2-3-4-5-6-7-8-9-10-11-12-13-14-15-16-17-18(19)20/h7-10,15-16H,2-6,11-14,17H2,1H3,(H,19,20)/b8-7+,10-9-,16-15?. The van der Waals surface area contributed by atoms with E-state index in [0.717, 1.165) is 25.7 Å². The van der Waals surface area contributed by atoms with Gasteiger partial charge in [-0.05, 0) is 38.5 Å². The number of hydrogen-bond acceptors (Lipinski definition) is 1. The molecular formula is C18H30O2. The summed E-state index contributed by atoms with van der Waals surface area (Å²) >= 11 is 0. The molecule has 1 N–H and O–H groups in total. The molecule has 0 aliphatic carbocycles. The molecule has 2 nitrogen and oxygen atoms in total. The summed E-state index contributed by atoms with van der Waals surface area (Å²) in [7, 11) is 0. The Kier molecular flexibility index (Phi) is 14.7. The molecule has 0 aliphatic rings. The zero-order chi connectivity index (χ0) is 14.9. The maximum atomic E-state index is 10.3. The van der Waals surface area contributed by atoms with Crippen LogP contribution in [0.4, 0.5) is 0 Å². The van der Waals surface area contributed by atoms with Gasteiger partial charge in [0.1, 0.15) is 0 Å². The largest absolute Gasteiger partial charge is 0.481 e. The number of allylic oxidation sites excluding steroid dienone is 5. The van der Waals surface area contributed by atoms with Crippen molar-refractivity contribution in [3.8, 4) is 0 Å². The summed E-state index contributed by atoms with van der Waals surface area (Å²) in [5.41, 5.74) is 0. The molecule has 0 unspecified atom stereocenters. The summed E-state index contributed by atoms with van der Waals surface area (Å²) in [6.07, 6.45) is 23.5. The molecule has 0 amide bonds. The second-order valence-corrected chi connectivity index (χ2v) is 5.06. The van der Waals surface area contributed by atoms with Crippen molar-refractivity contribution in [3.05, 3.63) is 36.5 Å². The minimum atomic E-state index is -0.759. The summed E-state index contributed by atoms with van der Waals surface area (Å²) < 4.78 is 0. The Morgan fingerprint density at radius 1 is 0.800 bits per heavy atom. The summed E-state index contributed by atoms with van der Waals surface area (Å²) in [5, 5.41) is 8.45. The van der Waals surface area contributed by atoms with Gasteiger partial charge in [0.05, 0.1) is 6.42 Å². The highest BCUT2D eigenvalue weighted by molar-refractivity contribution is 5.68. The molecular weight excluding hydrogens is 248 g/mol. The van der Waals surface area contributed by atoms with Gasteiger partial charge in [-0.3, -0.25) is 4.79 Å². The van der Waals surface area contributed by atoms with Gasteiger partial charge in [0.15, 0.2) is 0 Å². The van der Waals surface area contributed by atoms with E-state index >= 15 is 0 Å². The third-order valence-electron chi connectivity index (χ3n) is 3.06. The van der Waals surface area contributed by atoms with Crippen LogP contribution in [0.25, 0.3) is 0 Å². The van der Waals surface area contributed by atoms with Crippen molar-refractivity contribution in [1.29, 1.82) is 0 Å². The predicted octanol–water partition coefficient (Wildman–Crippen LogP) is 5.66. The van der Waals surface area contributed by atoms with Crippen molar-refractivity contribution in [2.75, 3.05) is 0 Å². The summed E-state index contributed by atoms with van der Waals surface area (Å²) in [6, 6.07) is 0. The average molecular weight is 278 g/mol. The van der Waals surface area contributed by atoms with Gasteiger partial charge in [-0.15, -0.1) is 0 Å². The molecule has 0 atom stereocenters. The van der Waals surface area contributed by atoms with Crippen molar-refractivity contribution >= 4 is 5.97 Å². The van der Waals surface area contributed by atoms with Crippen LogP contribution in [0.2, 0.25) is 0 Å². The lowest BCUT2D eigenvalue weighted by Gasteiger charge is -1.93. The normalized spacial score (nSPS) is 12.1. The molecule has 0 fully saturated rings. The number of hydrogen-bond donors (Lipinski definition) is 1. The highest BCUT2D eigenvalue weighted by Crippen LogP contribution is 2.04. The average Bonchev–Trinajstić information content (AvgIpc) is 2.43. The molecule has 2 heteroatoms. The van der Waals surface area contributed by atoms with Gasteiger partial charge in [0.2, 0.25) is 0 Å². The van der Waals surface area contributed by atoms with E-state index in [1.165, 1.54) is 32.1 Å². The minimum Gasteiger partial charge on any atom is -0.481 e. The summed E-state index contributed by atoms with van der Waals surface area (Å²) in [6.45, 7) is 2.24. The first-order chi connectivity index (χ1) is 9.77. The van der Waals surface area contributed by atoms with E-state index in [2.05, 4.69) is 31.2 Å². The Labute approximate surface area is 124 Å². The highest BCUT2D eigenvalue weighted by Gasteiger charge is 1.88. The van der Waals surface area contributed by atoms with Crippen molar-refractivity contribution in [1.82, 2.24) is 0 Å². The van der Waals surface area contributed by atoms with Crippen LogP contribution in [-0.2, 0) is 4.79 Å². The fourth-order valence-electron chi connectivity index (χ4n) is 1.86. The van der Waals surface area contributed by atoms with E-state index in [0.29, 0.717) is 0 Å². The Bertz CT molecular complexity index is 301. The van der Waals surface area contributed by atoms with Crippen LogP contribution in [0.3, 0.4) is 0 Å². The number of carboxylic acid groups (broad SMARTS) is 1. The van der Waals surface area contributed by atoms with Gasteiger partial charge >= 0.3 is 5.97 Å². The minimum absolute atomic E-state index is 0.142. The van der Waals surface area contributed by atoms with Gasteiger partial charge in [-0.1, -0.05) is 62.6 Å². The Balaban J connectivity index is 3.29. The number of rotatable bonds is 13. The predicted molar refractivity (Wildman–Crippen MR) is 86.9 cm³/mol. The molecule has 114 valence electrons. The van der Waals surface area contributed by atoms with E-state index in [9.17, 15) is 4.79 Å². The Morgan fingerprint density at radius 2 is 1.35 bits per heavy atom. The molecule has 0 spiro atoms. The van der Waals surface area contributed by atoms with Crippen LogP contribution in [0.15, 0.2) is 36.5 Å². The lowest BCUT2D eigenvalue weighted by atomic mass is 10.1. The van der Waals surface area contributed by atoms with E-state index in [1.807, 2.05) is 6.08 Å². The third kappa shape index (κ3) is 16.7. The van der Waals surface area contributed by atoms with Gasteiger partial charge < -0.3 is 5.11 Å². The number of carbonyl (C=O) groups is 1. The fraction of sp³-hybridized carbons (Fsp3) is 0.611. The van der Waals surface area contributed by atoms with Crippen LogP contribution in [0, 0.1) is 0 Å². The van der Waals surface area contributed by atoms with Crippen LogP contribution < -0.4 is 0 Å². The van der Waals surface area contributed by atoms with Crippen molar-refractivity contribution in [2.45, 2.75) is 71.1 Å². The lowest BCUT2D eigenvalue weighted by molar-refractivity contribution is -0.136. The van der Waals surface area contributed by atoms with Gasteiger partial charge in [0.25, 0.3) is 0 Å².